The maximum absolute atomic E-state index is 12.9. The maximum atomic E-state index is 12.9. The van der Waals surface area contributed by atoms with E-state index in [1.807, 2.05) is 12.1 Å². The predicted molar refractivity (Wildman–Crippen MR) is 106 cm³/mol. The molecule has 7 heteroatoms. The minimum Gasteiger partial charge on any atom is -0.349 e. The summed E-state index contributed by atoms with van der Waals surface area (Å²) in [5.41, 5.74) is 2.51. The first-order valence-electron chi connectivity index (χ1n) is 9.47. The molecule has 27 heavy (non-hydrogen) atoms. The normalized spacial score (nSPS) is 23.6. The van der Waals surface area contributed by atoms with Crippen LogP contribution in [0.25, 0.3) is 0 Å². The van der Waals surface area contributed by atoms with Crippen LogP contribution < -0.4 is 5.32 Å². The first kappa shape index (κ1) is 18.7. The summed E-state index contributed by atoms with van der Waals surface area (Å²) in [4.78, 5) is 12.9. The monoisotopic (exact) mass is 404 g/mol. The lowest BCUT2D eigenvalue weighted by Gasteiger charge is -2.33. The predicted octanol–water partition coefficient (Wildman–Crippen LogP) is 3.34. The van der Waals surface area contributed by atoms with Gasteiger partial charge in [-0.3, -0.25) is 4.79 Å². The Morgan fingerprint density at radius 2 is 1.96 bits per heavy atom. The highest BCUT2D eigenvalue weighted by Gasteiger charge is 2.34. The van der Waals surface area contributed by atoms with Gasteiger partial charge in [-0.15, -0.1) is 11.3 Å². The molecule has 1 saturated heterocycles. The number of thiophene rings is 1. The van der Waals surface area contributed by atoms with E-state index in [1.165, 1.54) is 26.8 Å². The van der Waals surface area contributed by atoms with Gasteiger partial charge in [-0.05, 0) is 54.7 Å². The molecule has 0 unspecified atom stereocenters. The molecule has 1 aromatic heterocycles. The van der Waals surface area contributed by atoms with Gasteiger partial charge < -0.3 is 5.32 Å². The number of sulfonamides is 1. The summed E-state index contributed by atoms with van der Waals surface area (Å²) < 4.78 is 27.4. The number of rotatable bonds is 4. The number of carbonyl (C=O) groups excluding carboxylic acids is 1. The summed E-state index contributed by atoms with van der Waals surface area (Å²) in [5, 5.41) is 4.96. The molecule has 4 rings (SSSR count). The van der Waals surface area contributed by atoms with Crippen LogP contribution in [0.4, 0.5) is 0 Å². The van der Waals surface area contributed by atoms with Crippen LogP contribution in [0.2, 0.25) is 0 Å². The molecule has 1 amide bonds. The lowest BCUT2D eigenvalue weighted by molar-refractivity contribution is -0.127. The van der Waals surface area contributed by atoms with Crippen molar-refractivity contribution in [3.05, 3.63) is 52.9 Å². The number of hydrogen-bond acceptors (Lipinski definition) is 4. The summed E-state index contributed by atoms with van der Waals surface area (Å²) >= 11 is 1.22. The van der Waals surface area contributed by atoms with Gasteiger partial charge in [-0.25, -0.2) is 8.42 Å². The SMILES string of the molecule is O=C(N[C@H]1CCCc2ccccc21)[C@H]1CCCN(S(=O)(=O)c2cccs2)C1. The molecule has 2 aromatic rings. The van der Waals surface area contributed by atoms with Crippen molar-refractivity contribution in [2.75, 3.05) is 13.1 Å². The zero-order valence-electron chi connectivity index (χ0n) is 15.1. The molecular formula is C20H24N2O3S2. The molecular weight excluding hydrogens is 380 g/mol. The summed E-state index contributed by atoms with van der Waals surface area (Å²) in [6, 6.07) is 11.7. The standard InChI is InChI=1S/C20H24N2O3S2/c23-20(21-18-10-3-7-15-6-1-2-9-17(15)18)16-8-4-12-22(14-16)27(24,25)19-11-5-13-26-19/h1-2,5-6,9,11,13,16,18H,3-4,7-8,10,12,14H2,(H,21,23)/t16-,18-/m0/s1. The van der Waals surface area contributed by atoms with E-state index in [-0.39, 0.29) is 24.4 Å². The van der Waals surface area contributed by atoms with Gasteiger partial charge >= 0.3 is 0 Å². The Hall–Kier alpha value is -1.70. The topological polar surface area (TPSA) is 66.5 Å². The lowest BCUT2D eigenvalue weighted by Crippen LogP contribution is -2.46. The third-order valence-corrected chi connectivity index (χ3v) is 8.77. The first-order chi connectivity index (χ1) is 13.1. The third kappa shape index (κ3) is 3.81. The molecule has 1 N–H and O–H groups in total. The Balaban J connectivity index is 1.46. The van der Waals surface area contributed by atoms with Crippen molar-refractivity contribution in [1.82, 2.24) is 9.62 Å². The highest BCUT2D eigenvalue weighted by Crippen LogP contribution is 2.31. The van der Waals surface area contributed by atoms with Crippen LogP contribution in [0.3, 0.4) is 0 Å². The fraction of sp³-hybridized carbons (Fsp3) is 0.450. The van der Waals surface area contributed by atoms with Crippen molar-refractivity contribution in [2.24, 2.45) is 5.92 Å². The van der Waals surface area contributed by atoms with Gasteiger partial charge in [0.2, 0.25) is 5.91 Å². The van der Waals surface area contributed by atoms with E-state index in [1.54, 1.807) is 17.5 Å². The number of aryl methyl sites for hydroxylation is 1. The van der Waals surface area contributed by atoms with E-state index in [0.717, 1.165) is 25.7 Å². The van der Waals surface area contributed by atoms with Gasteiger partial charge in [0, 0.05) is 13.1 Å². The second-order valence-electron chi connectivity index (χ2n) is 7.29. The smallest absolute Gasteiger partial charge is 0.252 e. The number of amides is 1. The molecule has 5 nitrogen and oxygen atoms in total. The number of nitrogens with one attached hydrogen (secondary N) is 1. The van der Waals surface area contributed by atoms with Gasteiger partial charge in [0.15, 0.2) is 0 Å². The van der Waals surface area contributed by atoms with Crippen LogP contribution in [-0.2, 0) is 21.2 Å². The van der Waals surface area contributed by atoms with Crippen molar-refractivity contribution in [1.29, 1.82) is 0 Å². The minimum atomic E-state index is -3.50. The fourth-order valence-electron chi connectivity index (χ4n) is 4.11. The quantitative estimate of drug-likeness (QED) is 0.850. The summed E-state index contributed by atoms with van der Waals surface area (Å²) in [5.74, 6) is -0.314. The van der Waals surface area contributed by atoms with E-state index in [2.05, 4.69) is 17.4 Å². The number of nitrogens with zero attached hydrogens (tertiary/aromatic N) is 1. The van der Waals surface area contributed by atoms with Crippen molar-refractivity contribution < 1.29 is 13.2 Å². The van der Waals surface area contributed by atoms with E-state index in [0.29, 0.717) is 17.2 Å². The van der Waals surface area contributed by atoms with Gasteiger partial charge in [-0.2, -0.15) is 4.31 Å². The Labute approximate surface area is 164 Å². The highest BCUT2D eigenvalue weighted by molar-refractivity contribution is 7.91. The second-order valence-corrected chi connectivity index (χ2v) is 10.4. The molecule has 2 aliphatic rings. The Morgan fingerprint density at radius 1 is 1.11 bits per heavy atom. The molecule has 0 bridgehead atoms. The molecule has 1 fully saturated rings. The Kier molecular flexibility index (Phi) is 5.34. The van der Waals surface area contributed by atoms with Crippen LogP contribution in [0.1, 0.15) is 42.9 Å². The van der Waals surface area contributed by atoms with Gasteiger partial charge in [0.25, 0.3) is 10.0 Å². The van der Waals surface area contributed by atoms with Gasteiger partial charge in [0.1, 0.15) is 4.21 Å². The second kappa shape index (κ2) is 7.73. The van der Waals surface area contributed by atoms with Crippen LogP contribution in [-0.4, -0.2) is 31.7 Å². The van der Waals surface area contributed by atoms with Crippen molar-refractivity contribution in [3.63, 3.8) is 0 Å². The number of fused-ring (bicyclic) bond motifs is 1. The largest absolute Gasteiger partial charge is 0.349 e. The van der Waals surface area contributed by atoms with E-state index in [9.17, 15) is 13.2 Å². The van der Waals surface area contributed by atoms with Gasteiger partial charge in [-0.1, -0.05) is 30.3 Å². The van der Waals surface area contributed by atoms with Crippen LogP contribution in [0.5, 0.6) is 0 Å². The molecule has 1 aliphatic carbocycles. The molecule has 144 valence electrons. The Morgan fingerprint density at radius 3 is 2.78 bits per heavy atom. The molecule has 2 atom stereocenters. The van der Waals surface area contributed by atoms with Crippen molar-refractivity contribution >= 4 is 27.3 Å². The average Bonchev–Trinajstić information content (AvgIpc) is 3.24. The summed E-state index contributed by atoms with van der Waals surface area (Å²) in [7, 11) is -3.50. The van der Waals surface area contributed by atoms with Crippen molar-refractivity contribution in [3.8, 4) is 0 Å². The van der Waals surface area contributed by atoms with E-state index < -0.39 is 10.0 Å². The summed E-state index contributed by atoms with van der Waals surface area (Å²) in [6.07, 6.45) is 4.50. The van der Waals surface area contributed by atoms with Crippen molar-refractivity contribution in [2.45, 2.75) is 42.4 Å². The maximum Gasteiger partial charge on any atom is 0.252 e. The first-order valence-corrected chi connectivity index (χ1v) is 11.8. The van der Waals surface area contributed by atoms with E-state index >= 15 is 0 Å². The van der Waals surface area contributed by atoms with Crippen LogP contribution >= 0.6 is 11.3 Å². The molecule has 1 aliphatic heterocycles. The zero-order valence-corrected chi connectivity index (χ0v) is 16.8. The number of hydrogen-bond donors (Lipinski definition) is 1. The third-order valence-electron chi connectivity index (χ3n) is 5.53. The van der Waals surface area contributed by atoms with Crippen LogP contribution in [0.15, 0.2) is 46.0 Å². The number of piperidine rings is 1. The average molecular weight is 405 g/mol. The zero-order chi connectivity index (χ0) is 18.9. The lowest BCUT2D eigenvalue weighted by atomic mass is 9.87. The number of carbonyl (C=O) groups is 1. The highest BCUT2D eigenvalue weighted by atomic mass is 32.2. The van der Waals surface area contributed by atoms with Crippen LogP contribution in [0, 0.1) is 5.92 Å². The fourth-order valence-corrected chi connectivity index (χ4v) is 6.77. The van der Waals surface area contributed by atoms with E-state index in [4.69, 9.17) is 0 Å². The summed E-state index contributed by atoms with van der Waals surface area (Å²) in [6.45, 7) is 0.747. The molecule has 0 saturated carbocycles. The number of benzene rings is 1. The molecule has 1 aromatic carbocycles. The minimum absolute atomic E-state index is 0.0252. The Bertz CT molecular complexity index is 909. The van der Waals surface area contributed by atoms with Gasteiger partial charge in [0.05, 0.1) is 12.0 Å². The molecule has 2 heterocycles. The molecule has 0 radical (unpaired) electrons. The molecule has 0 spiro atoms.